The molecule has 110 valence electrons. The van der Waals surface area contributed by atoms with Crippen LogP contribution in [-0.2, 0) is 0 Å². The standard InChI is InChI=1S/C17H11ClNO3/c18-15-6-3-12-9-14(2-1-13(12)10-15)17(20)11-4-7-16(8-5-11)19(21)22/h1-10H,(H-,20,21,22)/q-1. The Morgan fingerprint density at radius 1 is 0.909 bits per heavy atom. The Balaban J connectivity index is 2.03. The monoisotopic (exact) mass is 312 g/mol. The maximum Gasteiger partial charge on any atom is 0.222 e. The SMILES string of the molecule is [O-][N+]([O-])=C1C=CC(=C(O)c2ccc3cc(Cl)ccc3c2)C=C1. The molecule has 0 spiro atoms. The van der Waals surface area contributed by atoms with Crippen molar-refractivity contribution >= 4 is 33.8 Å². The maximum atomic E-state index is 10.7. The molecule has 0 amide bonds. The normalized spacial score (nSPS) is 13.7. The Kier molecular flexibility index (Phi) is 3.61. The van der Waals surface area contributed by atoms with Crippen LogP contribution in [0.1, 0.15) is 5.56 Å². The second kappa shape index (κ2) is 5.58. The summed E-state index contributed by atoms with van der Waals surface area (Å²) in [5.74, 6) is 0.0757. The smallest absolute Gasteiger partial charge is 0.222 e. The lowest BCUT2D eigenvalue weighted by Crippen LogP contribution is -2.06. The second-order valence-electron chi connectivity index (χ2n) is 4.86. The molecule has 0 radical (unpaired) electrons. The number of hydrogen-bond donors (Lipinski definition) is 1. The van der Waals surface area contributed by atoms with Gasteiger partial charge in [-0.25, -0.2) is 0 Å². The number of aliphatic hydroxyl groups is 1. The minimum atomic E-state index is -0.472. The molecule has 2 aromatic carbocycles. The molecule has 3 rings (SSSR count). The second-order valence-corrected chi connectivity index (χ2v) is 5.30. The minimum Gasteiger partial charge on any atom is -0.612 e. The lowest BCUT2D eigenvalue weighted by atomic mass is 10.0. The molecule has 0 aromatic heterocycles. The van der Waals surface area contributed by atoms with Crippen LogP contribution < -0.4 is 0 Å². The Labute approximate surface area is 131 Å². The van der Waals surface area contributed by atoms with Gasteiger partial charge in [0, 0.05) is 28.3 Å². The molecule has 0 heterocycles. The Hall–Kier alpha value is -2.72. The lowest BCUT2D eigenvalue weighted by molar-refractivity contribution is -0.377. The largest absolute Gasteiger partial charge is 0.612 e. The third kappa shape index (κ3) is 2.69. The molecule has 1 aliphatic carbocycles. The fourth-order valence-electron chi connectivity index (χ4n) is 2.27. The maximum absolute atomic E-state index is 10.7. The summed E-state index contributed by atoms with van der Waals surface area (Å²) in [6, 6.07) is 11.0. The van der Waals surface area contributed by atoms with Crippen molar-refractivity contribution < 1.29 is 10.0 Å². The van der Waals surface area contributed by atoms with Gasteiger partial charge in [-0.1, -0.05) is 29.8 Å². The van der Waals surface area contributed by atoms with E-state index in [1.807, 2.05) is 24.3 Å². The van der Waals surface area contributed by atoms with Gasteiger partial charge in [-0.2, -0.15) is 4.90 Å². The van der Waals surface area contributed by atoms with Crippen LogP contribution in [-0.4, -0.2) is 15.7 Å². The fourth-order valence-corrected chi connectivity index (χ4v) is 2.45. The quantitative estimate of drug-likeness (QED) is 0.484. The van der Waals surface area contributed by atoms with E-state index in [1.165, 1.54) is 24.3 Å². The van der Waals surface area contributed by atoms with Crippen molar-refractivity contribution in [1.82, 2.24) is 0 Å². The number of allylic oxidation sites excluding steroid dienone is 5. The van der Waals surface area contributed by atoms with E-state index >= 15 is 0 Å². The molecule has 0 bridgehead atoms. The molecule has 1 N–H and O–H groups in total. The average molecular weight is 313 g/mol. The van der Waals surface area contributed by atoms with Gasteiger partial charge in [-0.15, -0.1) is 0 Å². The predicted octanol–water partition coefficient (Wildman–Crippen LogP) is 4.34. The summed E-state index contributed by atoms with van der Waals surface area (Å²) in [6.45, 7) is 0. The van der Waals surface area contributed by atoms with E-state index in [9.17, 15) is 15.5 Å². The van der Waals surface area contributed by atoms with Crippen LogP contribution in [0.15, 0.2) is 66.3 Å². The fraction of sp³-hybridized carbons (Fsp3) is 0. The van der Waals surface area contributed by atoms with Crippen molar-refractivity contribution in [1.29, 1.82) is 0 Å². The predicted molar refractivity (Wildman–Crippen MR) is 88.8 cm³/mol. The summed E-state index contributed by atoms with van der Waals surface area (Å²) in [5, 5.41) is 34.2. The van der Waals surface area contributed by atoms with Gasteiger partial charge in [0.25, 0.3) is 0 Å². The summed E-state index contributed by atoms with van der Waals surface area (Å²) in [5.41, 5.74) is 1.16. The van der Waals surface area contributed by atoms with E-state index < -0.39 is 4.90 Å². The van der Waals surface area contributed by atoms with Crippen LogP contribution >= 0.6 is 11.6 Å². The molecular weight excluding hydrogens is 302 g/mol. The van der Waals surface area contributed by atoms with Crippen molar-refractivity contribution in [2.24, 2.45) is 0 Å². The summed E-state index contributed by atoms with van der Waals surface area (Å²) >= 11 is 5.95. The minimum absolute atomic E-state index is 0.00953. The third-order valence-electron chi connectivity index (χ3n) is 3.43. The van der Waals surface area contributed by atoms with Gasteiger partial charge in [0.15, 0.2) is 0 Å². The van der Waals surface area contributed by atoms with Crippen LogP contribution in [0, 0.1) is 10.4 Å². The van der Waals surface area contributed by atoms with Gasteiger partial charge in [-0.3, -0.25) is 0 Å². The van der Waals surface area contributed by atoms with Gasteiger partial charge >= 0.3 is 0 Å². The molecule has 0 aliphatic heterocycles. The molecule has 4 nitrogen and oxygen atoms in total. The van der Waals surface area contributed by atoms with Crippen molar-refractivity contribution in [3.05, 3.63) is 87.3 Å². The third-order valence-corrected chi connectivity index (χ3v) is 3.66. The van der Waals surface area contributed by atoms with Crippen LogP contribution in [0.4, 0.5) is 0 Å². The molecule has 0 saturated carbocycles. The van der Waals surface area contributed by atoms with E-state index in [1.54, 1.807) is 12.1 Å². The molecular formula is C17H11ClNO3-. The summed E-state index contributed by atoms with van der Waals surface area (Å²) in [7, 11) is 0. The zero-order valence-corrected chi connectivity index (χ0v) is 12.1. The highest BCUT2D eigenvalue weighted by molar-refractivity contribution is 6.31. The molecule has 1 aliphatic rings. The van der Waals surface area contributed by atoms with Gasteiger partial charge in [0.05, 0.1) is 0 Å². The highest BCUT2D eigenvalue weighted by Gasteiger charge is 2.10. The summed E-state index contributed by atoms with van der Waals surface area (Å²) in [4.78, 5) is -0.472. The zero-order chi connectivity index (χ0) is 15.7. The van der Waals surface area contributed by atoms with Crippen LogP contribution in [0.5, 0.6) is 0 Å². The number of nitrogens with zero attached hydrogens (tertiary/aromatic N) is 1. The lowest BCUT2D eigenvalue weighted by Gasteiger charge is -2.10. The van der Waals surface area contributed by atoms with Crippen molar-refractivity contribution in [2.45, 2.75) is 0 Å². The summed E-state index contributed by atoms with van der Waals surface area (Å²) in [6.07, 6.45) is 5.79. The van der Waals surface area contributed by atoms with Crippen molar-refractivity contribution in [3.8, 4) is 0 Å². The Bertz CT molecular complexity index is 857. The first-order chi connectivity index (χ1) is 10.5. The highest BCUT2D eigenvalue weighted by Crippen LogP contribution is 2.25. The number of fused-ring (bicyclic) bond motifs is 1. The molecule has 22 heavy (non-hydrogen) atoms. The molecule has 5 heteroatoms. The van der Waals surface area contributed by atoms with E-state index in [2.05, 4.69) is 0 Å². The van der Waals surface area contributed by atoms with Crippen LogP contribution in [0.25, 0.3) is 16.5 Å². The van der Waals surface area contributed by atoms with Crippen molar-refractivity contribution in [3.63, 3.8) is 0 Å². The Morgan fingerprint density at radius 2 is 1.55 bits per heavy atom. The molecule has 0 saturated heterocycles. The topological polar surface area (TPSA) is 69.4 Å². The number of benzene rings is 2. The number of aliphatic hydroxyl groups excluding tert-OH is 1. The zero-order valence-electron chi connectivity index (χ0n) is 11.4. The first kappa shape index (κ1) is 14.2. The van der Waals surface area contributed by atoms with Gasteiger partial charge in [0.2, 0.25) is 5.71 Å². The van der Waals surface area contributed by atoms with Crippen LogP contribution in [0.3, 0.4) is 0 Å². The summed E-state index contributed by atoms with van der Waals surface area (Å²) < 4.78 is 0. The average Bonchev–Trinajstić information content (AvgIpc) is 2.53. The molecule has 0 atom stereocenters. The van der Waals surface area contributed by atoms with E-state index in [0.717, 1.165) is 10.8 Å². The highest BCUT2D eigenvalue weighted by atomic mass is 35.5. The number of rotatable bonds is 1. The number of halogens is 1. The number of hydrogen-bond acceptors (Lipinski definition) is 3. The first-order valence-corrected chi connectivity index (χ1v) is 6.93. The van der Waals surface area contributed by atoms with Crippen molar-refractivity contribution in [2.75, 3.05) is 0 Å². The van der Waals surface area contributed by atoms with Crippen LogP contribution in [0.2, 0.25) is 5.02 Å². The first-order valence-electron chi connectivity index (χ1n) is 6.55. The van der Waals surface area contributed by atoms with Gasteiger partial charge < -0.3 is 15.5 Å². The molecule has 2 aromatic rings. The van der Waals surface area contributed by atoms with E-state index in [-0.39, 0.29) is 11.5 Å². The van der Waals surface area contributed by atoms with Gasteiger partial charge in [-0.05, 0) is 41.1 Å². The molecule has 0 fully saturated rings. The Morgan fingerprint density at radius 3 is 2.23 bits per heavy atom. The van der Waals surface area contributed by atoms with E-state index in [4.69, 9.17) is 11.6 Å². The molecule has 0 unspecified atom stereocenters. The van der Waals surface area contributed by atoms with Gasteiger partial charge in [0.1, 0.15) is 5.76 Å². The van der Waals surface area contributed by atoms with E-state index in [0.29, 0.717) is 16.2 Å².